The van der Waals surface area contributed by atoms with Gasteiger partial charge in [-0.25, -0.2) is 4.79 Å². The van der Waals surface area contributed by atoms with Gasteiger partial charge in [0, 0.05) is 19.6 Å². The molecule has 2 fully saturated rings. The smallest absolute Gasteiger partial charge is 0.317 e. The minimum Gasteiger partial charge on any atom is -0.481 e. The molecule has 0 bridgehead atoms. The number of nitrogens with one attached hydrogen (secondary N) is 1. The fourth-order valence-corrected chi connectivity index (χ4v) is 3.04. The van der Waals surface area contributed by atoms with E-state index in [-0.39, 0.29) is 25.1 Å². The third-order valence-corrected chi connectivity index (χ3v) is 4.17. The predicted molar refractivity (Wildman–Crippen MR) is 73.5 cm³/mol. The van der Waals surface area contributed by atoms with E-state index in [0.717, 1.165) is 0 Å². The van der Waals surface area contributed by atoms with Crippen molar-refractivity contribution >= 4 is 12.0 Å². The molecule has 2 amide bonds. The number of carbonyl (C=O) groups excluding carboxylic acids is 1. The highest BCUT2D eigenvalue weighted by molar-refractivity contribution is 5.75. The van der Waals surface area contributed by atoms with Crippen LogP contribution in [0.3, 0.4) is 0 Å². The van der Waals surface area contributed by atoms with Gasteiger partial charge >= 0.3 is 12.0 Å². The predicted octanol–water partition coefficient (Wildman–Crippen LogP) is 1.45. The van der Waals surface area contributed by atoms with Gasteiger partial charge in [0.05, 0.1) is 19.1 Å². The van der Waals surface area contributed by atoms with Gasteiger partial charge < -0.3 is 20.1 Å². The lowest BCUT2D eigenvalue weighted by Gasteiger charge is -2.38. The van der Waals surface area contributed by atoms with E-state index in [9.17, 15) is 9.59 Å². The first-order chi connectivity index (χ1) is 9.66. The van der Waals surface area contributed by atoms with E-state index in [1.807, 2.05) is 0 Å². The highest BCUT2D eigenvalue weighted by Gasteiger charge is 2.30. The van der Waals surface area contributed by atoms with E-state index in [4.69, 9.17) is 9.84 Å². The van der Waals surface area contributed by atoms with Crippen LogP contribution in [0.1, 0.15) is 38.5 Å². The lowest BCUT2D eigenvalue weighted by molar-refractivity contribution is -0.136. The maximum Gasteiger partial charge on any atom is 0.317 e. The van der Waals surface area contributed by atoms with Crippen molar-refractivity contribution < 1.29 is 19.4 Å². The van der Waals surface area contributed by atoms with Crippen LogP contribution in [-0.2, 0) is 9.53 Å². The average molecular weight is 284 g/mol. The summed E-state index contributed by atoms with van der Waals surface area (Å²) in [6, 6.07) is -0.171. The molecule has 20 heavy (non-hydrogen) atoms. The summed E-state index contributed by atoms with van der Waals surface area (Å²) >= 11 is 0. The molecule has 6 nitrogen and oxygen atoms in total. The molecule has 1 heterocycles. The lowest BCUT2D eigenvalue weighted by Crippen LogP contribution is -2.51. The topological polar surface area (TPSA) is 78.9 Å². The molecule has 0 aromatic carbocycles. The summed E-state index contributed by atoms with van der Waals surface area (Å²) < 4.78 is 5.82. The summed E-state index contributed by atoms with van der Waals surface area (Å²) in [5.74, 6) is -0.328. The molecular formula is C14H24N2O4. The fraction of sp³-hybridized carbons (Fsp3) is 0.857. The van der Waals surface area contributed by atoms with Crippen molar-refractivity contribution in [3.05, 3.63) is 0 Å². The summed E-state index contributed by atoms with van der Waals surface area (Å²) in [7, 11) is 0. The van der Waals surface area contributed by atoms with E-state index in [1.54, 1.807) is 4.90 Å². The third kappa shape index (κ3) is 4.37. The van der Waals surface area contributed by atoms with Gasteiger partial charge in [0.25, 0.3) is 0 Å². The van der Waals surface area contributed by atoms with Crippen LogP contribution in [0.2, 0.25) is 0 Å². The summed E-state index contributed by atoms with van der Waals surface area (Å²) in [6.07, 6.45) is 6.32. The maximum absolute atomic E-state index is 12.0. The average Bonchev–Trinajstić information content (AvgIpc) is 2.48. The number of amides is 2. The molecule has 0 radical (unpaired) electrons. The van der Waals surface area contributed by atoms with Crippen molar-refractivity contribution in [1.29, 1.82) is 0 Å². The molecular weight excluding hydrogens is 260 g/mol. The first kappa shape index (κ1) is 15.1. The van der Waals surface area contributed by atoms with Gasteiger partial charge in [-0.3, -0.25) is 4.79 Å². The number of morpholine rings is 1. The Morgan fingerprint density at radius 2 is 2.00 bits per heavy atom. The minimum atomic E-state index is -0.896. The number of rotatable bonds is 4. The standard InChI is InChI=1S/C14H24N2O4/c17-13(18)6-7-15-14(19)16-8-9-20-12(10-16)11-4-2-1-3-5-11/h11-12H,1-10H2,(H,15,19)(H,17,18). The van der Waals surface area contributed by atoms with Gasteiger partial charge in [-0.2, -0.15) is 0 Å². The normalized spacial score (nSPS) is 24.4. The zero-order valence-corrected chi connectivity index (χ0v) is 11.8. The van der Waals surface area contributed by atoms with Crippen molar-refractivity contribution in [3.63, 3.8) is 0 Å². The number of urea groups is 1. The molecule has 114 valence electrons. The van der Waals surface area contributed by atoms with E-state index in [1.165, 1.54) is 32.1 Å². The molecule has 2 aliphatic rings. The number of ether oxygens (including phenoxy) is 1. The molecule has 0 aromatic heterocycles. The quantitative estimate of drug-likeness (QED) is 0.819. The number of carboxylic acid groups (broad SMARTS) is 1. The van der Waals surface area contributed by atoms with Gasteiger partial charge in [-0.1, -0.05) is 19.3 Å². The van der Waals surface area contributed by atoms with Crippen LogP contribution >= 0.6 is 0 Å². The van der Waals surface area contributed by atoms with Crippen LogP contribution in [0.5, 0.6) is 0 Å². The number of nitrogens with zero attached hydrogens (tertiary/aromatic N) is 1. The summed E-state index contributed by atoms with van der Waals surface area (Å²) in [5, 5.41) is 11.2. The van der Waals surface area contributed by atoms with Crippen molar-refractivity contribution in [3.8, 4) is 0 Å². The maximum atomic E-state index is 12.0. The Labute approximate surface area is 119 Å². The fourth-order valence-electron chi connectivity index (χ4n) is 3.04. The zero-order valence-electron chi connectivity index (χ0n) is 11.8. The van der Waals surface area contributed by atoms with Gasteiger partial charge in [0.15, 0.2) is 0 Å². The first-order valence-corrected chi connectivity index (χ1v) is 7.53. The van der Waals surface area contributed by atoms with E-state index in [2.05, 4.69) is 5.32 Å². The van der Waals surface area contributed by atoms with Gasteiger partial charge in [0.1, 0.15) is 0 Å². The van der Waals surface area contributed by atoms with E-state index >= 15 is 0 Å². The molecule has 2 rings (SSSR count). The summed E-state index contributed by atoms with van der Waals surface area (Å²) in [5.41, 5.74) is 0. The summed E-state index contributed by atoms with van der Waals surface area (Å²) in [6.45, 7) is 1.97. The van der Waals surface area contributed by atoms with Crippen molar-refractivity contribution in [1.82, 2.24) is 10.2 Å². The Bertz CT molecular complexity index is 342. The zero-order chi connectivity index (χ0) is 14.4. The molecule has 1 saturated carbocycles. The highest BCUT2D eigenvalue weighted by atomic mass is 16.5. The Morgan fingerprint density at radius 1 is 1.25 bits per heavy atom. The third-order valence-electron chi connectivity index (χ3n) is 4.17. The molecule has 1 aliphatic carbocycles. The van der Waals surface area contributed by atoms with Crippen LogP contribution < -0.4 is 5.32 Å². The van der Waals surface area contributed by atoms with E-state index in [0.29, 0.717) is 25.6 Å². The first-order valence-electron chi connectivity index (χ1n) is 7.53. The van der Waals surface area contributed by atoms with Crippen molar-refractivity contribution in [2.45, 2.75) is 44.6 Å². The molecule has 0 aromatic rings. The molecule has 1 aliphatic heterocycles. The van der Waals surface area contributed by atoms with Crippen LogP contribution in [0.25, 0.3) is 0 Å². The second-order valence-electron chi connectivity index (χ2n) is 5.63. The molecule has 1 unspecified atom stereocenters. The SMILES string of the molecule is O=C(O)CCNC(=O)N1CCOC(C2CCCCC2)C1. The lowest BCUT2D eigenvalue weighted by atomic mass is 9.84. The molecule has 0 spiro atoms. The van der Waals surface area contributed by atoms with E-state index < -0.39 is 5.97 Å². The minimum absolute atomic E-state index is 0.0396. The molecule has 2 N–H and O–H groups in total. The van der Waals surface area contributed by atoms with Gasteiger partial charge in [0.2, 0.25) is 0 Å². The monoisotopic (exact) mass is 284 g/mol. The largest absolute Gasteiger partial charge is 0.481 e. The summed E-state index contributed by atoms with van der Waals surface area (Å²) in [4.78, 5) is 24.2. The van der Waals surface area contributed by atoms with Crippen LogP contribution in [0.4, 0.5) is 4.79 Å². The Kier molecular flexibility index (Phi) is 5.64. The second kappa shape index (κ2) is 7.47. The molecule has 1 atom stereocenters. The second-order valence-corrected chi connectivity index (χ2v) is 5.63. The molecule has 6 heteroatoms. The van der Waals surface area contributed by atoms with Gasteiger partial charge in [-0.05, 0) is 18.8 Å². The Morgan fingerprint density at radius 3 is 2.70 bits per heavy atom. The number of carbonyl (C=O) groups is 2. The number of hydrogen-bond donors (Lipinski definition) is 2. The van der Waals surface area contributed by atoms with Crippen molar-refractivity contribution in [2.24, 2.45) is 5.92 Å². The van der Waals surface area contributed by atoms with Crippen LogP contribution in [0, 0.1) is 5.92 Å². The molecule has 1 saturated heterocycles. The number of aliphatic carboxylic acids is 1. The number of carboxylic acids is 1. The van der Waals surface area contributed by atoms with Crippen LogP contribution in [0.15, 0.2) is 0 Å². The number of hydrogen-bond acceptors (Lipinski definition) is 3. The Hall–Kier alpha value is -1.30. The Balaban J connectivity index is 1.77. The van der Waals surface area contributed by atoms with Gasteiger partial charge in [-0.15, -0.1) is 0 Å². The highest BCUT2D eigenvalue weighted by Crippen LogP contribution is 2.29. The van der Waals surface area contributed by atoms with Crippen molar-refractivity contribution in [2.75, 3.05) is 26.2 Å². The van der Waals surface area contributed by atoms with Crippen LogP contribution in [-0.4, -0.2) is 54.4 Å².